The molecule has 1 aliphatic rings. The molecule has 0 aliphatic carbocycles. The average Bonchev–Trinajstić information content (AvgIpc) is 2.57. The zero-order valence-corrected chi connectivity index (χ0v) is 9.83. The van der Waals surface area contributed by atoms with Crippen molar-refractivity contribution in [3.05, 3.63) is 0 Å². The molecule has 0 aromatic heterocycles. The van der Waals surface area contributed by atoms with Crippen LogP contribution < -0.4 is 11.1 Å². The van der Waals surface area contributed by atoms with Gasteiger partial charge in [0.15, 0.2) is 0 Å². The average molecular weight is 213 g/mol. The van der Waals surface area contributed by atoms with Crippen molar-refractivity contribution in [1.29, 1.82) is 0 Å². The smallest absolute Gasteiger partial charge is 0.234 e. The molecule has 2 unspecified atom stereocenters. The van der Waals surface area contributed by atoms with Crippen LogP contribution in [0.3, 0.4) is 0 Å². The summed E-state index contributed by atoms with van der Waals surface area (Å²) in [7, 11) is 0. The van der Waals surface area contributed by atoms with E-state index in [9.17, 15) is 4.79 Å². The lowest BCUT2D eigenvalue weighted by atomic mass is 10.1. The van der Waals surface area contributed by atoms with E-state index < -0.39 is 0 Å². The Morgan fingerprint density at radius 2 is 2.33 bits per heavy atom. The SMILES string of the molecule is CCCNC(=O)CN1CC(CN)CC1C. The van der Waals surface area contributed by atoms with E-state index in [0.717, 1.165) is 32.5 Å². The van der Waals surface area contributed by atoms with Crippen molar-refractivity contribution in [2.75, 3.05) is 26.2 Å². The van der Waals surface area contributed by atoms with Crippen molar-refractivity contribution in [3.63, 3.8) is 0 Å². The van der Waals surface area contributed by atoms with Gasteiger partial charge in [0.05, 0.1) is 6.54 Å². The van der Waals surface area contributed by atoms with Crippen molar-refractivity contribution < 1.29 is 4.79 Å². The number of hydrogen-bond acceptors (Lipinski definition) is 3. The summed E-state index contributed by atoms with van der Waals surface area (Å²) in [6.45, 7) is 7.24. The first-order chi connectivity index (χ1) is 7.17. The highest BCUT2D eigenvalue weighted by Gasteiger charge is 2.28. The van der Waals surface area contributed by atoms with Crippen LogP contribution in [-0.4, -0.2) is 43.0 Å². The third kappa shape index (κ3) is 3.80. The molecule has 0 saturated carbocycles. The maximum absolute atomic E-state index is 11.5. The third-order valence-electron chi connectivity index (χ3n) is 3.04. The van der Waals surface area contributed by atoms with Gasteiger partial charge in [0.2, 0.25) is 5.91 Å². The summed E-state index contributed by atoms with van der Waals surface area (Å²) in [5.74, 6) is 0.709. The maximum atomic E-state index is 11.5. The van der Waals surface area contributed by atoms with E-state index in [2.05, 4.69) is 24.1 Å². The Labute approximate surface area is 92.2 Å². The first kappa shape index (κ1) is 12.5. The van der Waals surface area contributed by atoms with Crippen LogP contribution in [0, 0.1) is 5.92 Å². The minimum Gasteiger partial charge on any atom is -0.355 e. The number of likely N-dealkylation sites (tertiary alicyclic amines) is 1. The summed E-state index contributed by atoms with van der Waals surface area (Å²) in [5.41, 5.74) is 5.64. The van der Waals surface area contributed by atoms with Gasteiger partial charge in [0.25, 0.3) is 0 Å². The first-order valence-corrected chi connectivity index (χ1v) is 5.88. The number of rotatable bonds is 5. The molecule has 0 aromatic carbocycles. The van der Waals surface area contributed by atoms with Crippen LogP contribution in [0.25, 0.3) is 0 Å². The lowest BCUT2D eigenvalue weighted by Gasteiger charge is -2.20. The standard InChI is InChI=1S/C11H23N3O/c1-3-4-13-11(15)8-14-7-10(6-12)5-9(14)2/h9-10H,3-8,12H2,1-2H3,(H,13,15). The van der Waals surface area contributed by atoms with E-state index in [1.165, 1.54) is 0 Å². The molecule has 1 amide bonds. The second-order valence-corrected chi connectivity index (χ2v) is 4.47. The minimum absolute atomic E-state index is 0.140. The van der Waals surface area contributed by atoms with Gasteiger partial charge in [0, 0.05) is 19.1 Å². The fraction of sp³-hybridized carbons (Fsp3) is 0.909. The zero-order valence-electron chi connectivity index (χ0n) is 9.83. The number of amides is 1. The molecular weight excluding hydrogens is 190 g/mol. The van der Waals surface area contributed by atoms with Crippen molar-refractivity contribution in [3.8, 4) is 0 Å². The highest BCUT2D eigenvalue weighted by Crippen LogP contribution is 2.21. The van der Waals surface area contributed by atoms with Gasteiger partial charge in [-0.05, 0) is 32.2 Å². The number of nitrogens with two attached hydrogens (primary N) is 1. The fourth-order valence-corrected chi connectivity index (χ4v) is 2.11. The molecule has 1 heterocycles. The number of carbonyl (C=O) groups excluding carboxylic acids is 1. The molecule has 0 spiro atoms. The Morgan fingerprint density at radius 3 is 2.87 bits per heavy atom. The van der Waals surface area contributed by atoms with Crippen molar-refractivity contribution in [1.82, 2.24) is 10.2 Å². The molecule has 15 heavy (non-hydrogen) atoms. The van der Waals surface area contributed by atoms with Crippen LogP contribution >= 0.6 is 0 Å². The van der Waals surface area contributed by atoms with Crippen LogP contribution in [0.4, 0.5) is 0 Å². The molecule has 0 bridgehead atoms. The Balaban J connectivity index is 2.29. The lowest BCUT2D eigenvalue weighted by Crippen LogP contribution is -2.39. The largest absolute Gasteiger partial charge is 0.355 e. The molecule has 0 aromatic rings. The first-order valence-electron chi connectivity index (χ1n) is 5.88. The Bertz CT molecular complexity index is 208. The number of nitrogens with one attached hydrogen (secondary N) is 1. The molecule has 2 atom stereocenters. The molecule has 88 valence electrons. The van der Waals surface area contributed by atoms with Crippen molar-refractivity contribution >= 4 is 5.91 Å². The summed E-state index contributed by atoms with van der Waals surface area (Å²) in [6.07, 6.45) is 2.12. The van der Waals surface area contributed by atoms with E-state index >= 15 is 0 Å². The molecule has 1 fully saturated rings. The van der Waals surface area contributed by atoms with Gasteiger partial charge in [-0.25, -0.2) is 0 Å². The summed E-state index contributed by atoms with van der Waals surface area (Å²) >= 11 is 0. The van der Waals surface area contributed by atoms with Gasteiger partial charge in [-0.2, -0.15) is 0 Å². The van der Waals surface area contributed by atoms with Gasteiger partial charge < -0.3 is 11.1 Å². The van der Waals surface area contributed by atoms with E-state index in [1.54, 1.807) is 0 Å². The predicted octanol–water partition coefficient (Wildman–Crippen LogP) is 0.182. The van der Waals surface area contributed by atoms with Crippen LogP contribution in [0.2, 0.25) is 0 Å². The molecular formula is C11H23N3O. The van der Waals surface area contributed by atoms with Crippen LogP contribution in [0.15, 0.2) is 0 Å². The van der Waals surface area contributed by atoms with Gasteiger partial charge >= 0.3 is 0 Å². The van der Waals surface area contributed by atoms with Crippen LogP contribution in [-0.2, 0) is 4.79 Å². The normalized spacial score (nSPS) is 26.9. The second kappa shape index (κ2) is 6.08. The summed E-state index contributed by atoms with van der Waals surface area (Å²) < 4.78 is 0. The van der Waals surface area contributed by atoms with Crippen LogP contribution in [0.5, 0.6) is 0 Å². The van der Waals surface area contributed by atoms with E-state index in [-0.39, 0.29) is 5.91 Å². The van der Waals surface area contributed by atoms with Gasteiger partial charge in [0.1, 0.15) is 0 Å². The number of carbonyl (C=O) groups is 1. The highest BCUT2D eigenvalue weighted by molar-refractivity contribution is 5.78. The maximum Gasteiger partial charge on any atom is 0.234 e. The third-order valence-corrected chi connectivity index (χ3v) is 3.04. The molecule has 3 N–H and O–H groups in total. The lowest BCUT2D eigenvalue weighted by molar-refractivity contribution is -0.122. The van der Waals surface area contributed by atoms with Crippen LogP contribution in [0.1, 0.15) is 26.7 Å². The van der Waals surface area contributed by atoms with Gasteiger partial charge in [-0.1, -0.05) is 6.92 Å². The number of nitrogens with zero attached hydrogens (tertiary/aromatic N) is 1. The fourth-order valence-electron chi connectivity index (χ4n) is 2.11. The van der Waals surface area contributed by atoms with Crippen molar-refractivity contribution in [2.24, 2.45) is 11.7 Å². The molecule has 1 saturated heterocycles. The predicted molar refractivity (Wildman–Crippen MR) is 61.5 cm³/mol. The Hall–Kier alpha value is -0.610. The summed E-state index contributed by atoms with van der Waals surface area (Å²) in [5, 5.41) is 2.90. The Kier molecular flexibility index (Phi) is 5.05. The molecule has 1 aliphatic heterocycles. The summed E-state index contributed by atoms with van der Waals surface area (Å²) in [6, 6.07) is 0.492. The molecule has 1 rings (SSSR count). The molecule has 4 heteroatoms. The second-order valence-electron chi connectivity index (χ2n) is 4.47. The quantitative estimate of drug-likeness (QED) is 0.685. The summed E-state index contributed by atoms with van der Waals surface area (Å²) in [4.78, 5) is 13.7. The molecule has 0 radical (unpaired) electrons. The van der Waals surface area contributed by atoms with E-state index in [1.807, 2.05) is 0 Å². The topological polar surface area (TPSA) is 58.4 Å². The monoisotopic (exact) mass is 213 g/mol. The highest BCUT2D eigenvalue weighted by atomic mass is 16.2. The van der Waals surface area contributed by atoms with Gasteiger partial charge in [-0.3, -0.25) is 9.69 Å². The zero-order chi connectivity index (χ0) is 11.3. The minimum atomic E-state index is 0.140. The van der Waals surface area contributed by atoms with Gasteiger partial charge in [-0.15, -0.1) is 0 Å². The van der Waals surface area contributed by atoms with Crippen molar-refractivity contribution in [2.45, 2.75) is 32.7 Å². The molecule has 4 nitrogen and oxygen atoms in total. The van der Waals surface area contributed by atoms with E-state index in [0.29, 0.717) is 18.5 Å². The van der Waals surface area contributed by atoms with E-state index in [4.69, 9.17) is 5.73 Å². The Morgan fingerprint density at radius 1 is 1.60 bits per heavy atom. The number of hydrogen-bond donors (Lipinski definition) is 2.